The predicted octanol–water partition coefficient (Wildman–Crippen LogP) is 1.73. The minimum atomic E-state index is -0.106. The molecular weight excluding hydrogens is 324 g/mol. The Labute approximate surface area is 146 Å². The molecule has 1 aromatic heterocycles. The van der Waals surface area contributed by atoms with Gasteiger partial charge in [0.25, 0.3) is 5.91 Å². The highest BCUT2D eigenvalue weighted by atomic mass is 32.1. The maximum Gasteiger partial charge on any atom is 0.265 e. The van der Waals surface area contributed by atoms with Crippen molar-refractivity contribution in [2.24, 2.45) is 0 Å². The molecule has 1 atom stereocenters. The number of morpholine rings is 1. The molecule has 0 spiro atoms. The average molecular weight is 346 g/mol. The number of hydrogen-bond donors (Lipinski definition) is 1. The van der Waals surface area contributed by atoms with E-state index in [1.807, 2.05) is 13.0 Å². The standard InChI is InChI=1S/C17H22N4O2S/c1-2-15-16(24-20-19-15)17(22)18-10-14-12-21(8-9-23-14)11-13-6-4-3-5-7-13/h3-7,14H,2,8-12H2,1H3,(H,18,22)/t14-/m0/s1. The fraction of sp³-hybridized carbons (Fsp3) is 0.471. The summed E-state index contributed by atoms with van der Waals surface area (Å²) in [4.78, 5) is 15.2. The highest BCUT2D eigenvalue weighted by molar-refractivity contribution is 7.08. The quantitative estimate of drug-likeness (QED) is 0.863. The number of ether oxygens (including phenoxy) is 1. The molecule has 0 unspecified atom stereocenters. The number of carbonyl (C=O) groups excluding carboxylic acids is 1. The molecule has 1 saturated heterocycles. The first-order chi connectivity index (χ1) is 11.8. The first-order valence-corrected chi connectivity index (χ1v) is 9.01. The van der Waals surface area contributed by atoms with Gasteiger partial charge in [0, 0.05) is 26.2 Å². The monoisotopic (exact) mass is 346 g/mol. The number of carbonyl (C=O) groups is 1. The van der Waals surface area contributed by atoms with Crippen molar-refractivity contribution in [2.75, 3.05) is 26.2 Å². The summed E-state index contributed by atoms with van der Waals surface area (Å²) in [6.45, 7) is 5.81. The summed E-state index contributed by atoms with van der Waals surface area (Å²) in [7, 11) is 0. The van der Waals surface area contributed by atoms with Crippen molar-refractivity contribution in [1.82, 2.24) is 19.8 Å². The Morgan fingerprint density at radius 2 is 2.25 bits per heavy atom. The summed E-state index contributed by atoms with van der Waals surface area (Å²) in [5.74, 6) is -0.106. The van der Waals surface area contributed by atoms with E-state index in [0.29, 0.717) is 24.4 Å². The van der Waals surface area contributed by atoms with Crippen LogP contribution in [-0.2, 0) is 17.7 Å². The number of aromatic nitrogens is 2. The van der Waals surface area contributed by atoms with Gasteiger partial charge in [-0.25, -0.2) is 0 Å². The van der Waals surface area contributed by atoms with Crippen LogP contribution in [0.25, 0.3) is 0 Å². The van der Waals surface area contributed by atoms with Crippen molar-refractivity contribution in [3.8, 4) is 0 Å². The fourth-order valence-electron chi connectivity index (χ4n) is 2.79. The van der Waals surface area contributed by atoms with Crippen LogP contribution in [0, 0.1) is 0 Å². The lowest BCUT2D eigenvalue weighted by atomic mass is 10.2. The van der Waals surface area contributed by atoms with Crippen LogP contribution >= 0.6 is 11.5 Å². The Hall–Kier alpha value is -1.83. The minimum Gasteiger partial charge on any atom is -0.374 e. The molecule has 128 valence electrons. The van der Waals surface area contributed by atoms with Crippen LogP contribution < -0.4 is 5.32 Å². The second kappa shape index (κ2) is 8.32. The summed E-state index contributed by atoms with van der Waals surface area (Å²) >= 11 is 1.15. The Balaban J connectivity index is 1.49. The first-order valence-electron chi connectivity index (χ1n) is 8.23. The molecule has 2 heterocycles. The van der Waals surface area contributed by atoms with Crippen LogP contribution in [0.5, 0.6) is 0 Å². The second-order valence-electron chi connectivity index (χ2n) is 5.83. The number of hydrogen-bond acceptors (Lipinski definition) is 6. The number of nitrogens with zero attached hydrogens (tertiary/aromatic N) is 3. The van der Waals surface area contributed by atoms with E-state index in [9.17, 15) is 4.79 Å². The summed E-state index contributed by atoms with van der Waals surface area (Å²) in [5, 5.41) is 6.93. The molecule has 0 aliphatic carbocycles. The molecular formula is C17H22N4O2S. The number of benzene rings is 1. The van der Waals surface area contributed by atoms with E-state index in [2.05, 4.69) is 44.1 Å². The third-order valence-electron chi connectivity index (χ3n) is 4.06. The van der Waals surface area contributed by atoms with Gasteiger partial charge in [0.15, 0.2) is 0 Å². The SMILES string of the molecule is CCc1nnsc1C(=O)NC[C@H]1CN(Cc2ccccc2)CCO1. The van der Waals surface area contributed by atoms with E-state index in [-0.39, 0.29) is 12.0 Å². The Kier molecular flexibility index (Phi) is 5.90. The molecule has 7 heteroatoms. The van der Waals surface area contributed by atoms with Gasteiger partial charge < -0.3 is 10.1 Å². The zero-order valence-corrected chi connectivity index (χ0v) is 14.6. The average Bonchev–Trinajstić information content (AvgIpc) is 3.10. The molecule has 3 rings (SSSR count). The van der Waals surface area contributed by atoms with Crippen LogP contribution in [-0.4, -0.2) is 52.7 Å². The van der Waals surface area contributed by atoms with Gasteiger partial charge in [0.1, 0.15) is 4.88 Å². The Bertz CT molecular complexity index is 662. The first kappa shape index (κ1) is 17.0. The Morgan fingerprint density at radius 3 is 3.04 bits per heavy atom. The molecule has 6 nitrogen and oxygen atoms in total. The van der Waals surface area contributed by atoms with E-state index in [4.69, 9.17) is 4.74 Å². The van der Waals surface area contributed by atoms with Crippen molar-refractivity contribution in [3.63, 3.8) is 0 Å². The number of aryl methyl sites for hydroxylation is 1. The lowest BCUT2D eigenvalue weighted by molar-refractivity contribution is -0.0292. The predicted molar refractivity (Wildman–Crippen MR) is 93.1 cm³/mol. The van der Waals surface area contributed by atoms with Crippen LogP contribution in [0.1, 0.15) is 27.9 Å². The van der Waals surface area contributed by atoms with Gasteiger partial charge in [-0.1, -0.05) is 41.7 Å². The smallest absolute Gasteiger partial charge is 0.265 e. The third-order valence-corrected chi connectivity index (χ3v) is 4.83. The fourth-order valence-corrected chi connectivity index (χ4v) is 3.46. The number of nitrogens with one attached hydrogen (secondary N) is 1. The number of amides is 1. The van der Waals surface area contributed by atoms with E-state index >= 15 is 0 Å². The Morgan fingerprint density at radius 1 is 1.42 bits per heavy atom. The molecule has 1 aliphatic heterocycles. The van der Waals surface area contributed by atoms with Crippen LogP contribution in [0.3, 0.4) is 0 Å². The zero-order chi connectivity index (χ0) is 16.8. The highest BCUT2D eigenvalue weighted by Gasteiger charge is 2.22. The topological polar surface area (TPSA) is 67.4 Å². The minimum absolute atomic E-state index is 0.0115. The number of rotatable bonds is 6. The molecule has 2 aromatic rings. The lowest BCUT2D eigenvalue weighted by Gasteiger charge is -2.33. The van der Waals surface area contributed by atoms with Crippen LogP contribution in [0.15, 0.2) is 30.3 Å². The van der Waals surface area contributed by atoms with E-state index in [1.165, 1.54) is 5.56 Å². The van der Waals surface area contributed by atoms with Crippen molar-refractivity contribution in [1.29, 1.82) is 0 Å². The molecule has 24 heavy (non-hydrogen) atoms. The van der Waals surface area contributed by atoms with Crippen molar-refractivity contribution >= 4 is 17.4 Å². The van der Waals surface area contributed by atoms with Gasteiger partial charge in [0.05, 0.1) is 18.4 Å². The largest absolute Gasteiger partial charge is 0.374 e. The van der Waals surface area contributed by atoms with Gasteiger partial charge in [-0.2, -0.15) is 0 Å². The van der Waals surface area contributed by atoms with Crippen molar-refractivity contribution in [3.05, 3.63) is 46.5 Å². The molecule has 1 amide bonds. The summed E-state index contributed by atoms with van der Waals surface area (Å²) in [6.07, 6.45) is 0.724. The van der Waals surface area contributed by atoms with E-state index in [0.717, 1.165) is 36.9 Å². The molecule has 0 saturated carbocycles. The zero-order valence-electron chi connectivity index (χ0n) is 13.8. The van der Waals surface area contributed by atoms with Crippen LogP contribution in [0.4, 0.5) is 0 Å². The van der Waals surface area contributed by atoms with Crippen molar-refractivity contribution < 1.29 is 9.53 Å². The summed E-state index contributed by atoms with van der Waals surface area (Å²) in [6, 6.07) is 10.4. The van der Waals surface area contributed by atoms with Gasteiger partial charge in [-0.3, -0.25) is 9.69 Å². The van der Waals surface area contributed by atoms with Gasteiger partial charge >= 0.3 is 0 Å². The van der Waals surface area contributed by atoms with Crippen LogP contribution in [0.2, 0.25) is 0 Å². The summed E-state index contributed by atoms with van der Waals surface area (Å²) < 4.78 is 9.65. The molecule has 1 aliphatic rings. The maximum atomic E-state index is 12.3. The molecule has 0 bridgehead atoms. The van der Waals surface area contributed by atoms with E-state index in [1.54, 1.807) is 0 Å². The van der Waals surface area contributed by atoms with Gasteiger partial charge in [0.2, 0.25) is 0 Å². The van der Waals surface area contributed by atoms with Gasteiger partial charge in [-0.15, -0.1) is 5.10 Å². The second-order valence-corrected chi connectivity index (χ2v) is 6.58. The van der Waals surface area contributed by atoms with Gasteiger partial charge in [-0.05, 0) is 23.5 Å². The van der Waals surface area contributed by atoms with Crippen molar-refractivity contribution in [2.45, 2.75) is 26.0 Å². The lowest BCUT2D eigenvalue weighted by Crippen LogP contribution is -2.47. The molecule has 1 fully saturated rings. The summed E-state index contributed by atoms with van der Waals surface area (Å²) in [5.41, 5.74) is 2.05. The third kappa shape index (κ3) is 4.37. The molecule has 0 radical (unpaired) electrons. The van der Waals surface area contributed by atoms with E-state index < -0.39 is 0 Å². The highest BCUT2D eigenvalue weighted by Crippen LogP contribution is 2.12. The molecule has 1 aromatic carbocycles. The molecule has 1 N–H and O–H groups in total. The normalized spacial score (nSPS) is 18.5. The maximum absolute atomic E-state index is 12.3.